The van der Waals surface area contributed by atoms with Crippen LogP contribution in [0.15, 0.2) is 0 Å². The van der Waals surface area contributed by atoms with Crippen LogP contribution in [-0.2, 0) is 9.53 Å². The molecular formula is C11H21NO3. The molecule has 0 bridgehead atoms. The van der Waals surface area contributed by atoms with Gasteiger partial charge in [0.2, 0.25) is 0 Å². The standard InChI is InChI=1S/C11H21NO3/c1-3-15-10-5-4-6-12(8-10)7-9(2)11(13)14/h9-10H,3-8H2,1-2H3,(H,13,14). The quantitative estimate of drug-likeness (QED) is 0.749. The van der Waals surface area contributed by atoms with E-state index in [-0.39, 0.29) is 5.92 Å². The summed E-state index contributed by atoms with van der Waals surface area (Å²) in [4.78, 5) is 12.9. The van der Waals surface area contributed by atoms with Gasteiger partial charge in [0, 0.05) is 19.7 Å². The summed E-state index contributed by atoms with van der Waals surface area (Å²) >= 11 is 0. The van der Waals surface area contributed by atoms with Crippen molar-refractivity contribution in [3.8, 4) is 0 Å². The first-order valence-electron chi connectivity index (χ1n) is 5.70. The molecule has 0 aliphatic carbocycles. The summed E-state index contributed by atoms with van der Waals surface area (Å²) in [7, 11) is 0. The third-order valence-corrected chi connectivity index (χ3v) is 2.82. The second-order valence-corrected chi connectivity index (χ2v) is 4.22. The fraction of sp³-hybridized carbons (Fsp3) is 0.909. The third-order valence-electron chi connectivity index (χ3n) is 2.82. The molecule has 1 fully saturated rings. The summed E-state index contributed by atoms with van der Waals surface area (Å²) in [5.74, 6) is -1.00. The van der Waals surface area contributed by atoms with E-state index in [0.717, 1.165) is 32.5 Å². The summed E-state index contributed by atoms with van der Waals surface area (Å²) in [5.41, 5.74) is 0. The van der Waals surface area contributed by atoms with Crippen molar-refractivity contribution < 1.29 is 14.6 Å². The molecule has 0 aromatic carbocycles. The van der Waals surface area contributed by atoms with Gasteiger partial charge in [-0.05, 0) is 26.3 Å². The molecule has 4 heteroatoms. The van der Waals surface area contributed by atoms with E-state index >= 15 is 0 Å². The van der Waals surface area contributed by atoms with Crippen molar-refractivity contribution in [1.29, 1.82) is 0 Å². The number of carboxylic acids is 1. The Kier molecular flexibility index (Phi) is 5.05. The van der Waals surface area contributed by atoms with Gasteiger partial charge in [0.1, 0.15) is 0 Å². The largest absolute Gasteiger partial charge is 0.481 e. The fourth-order valence-corrected chi connectivity index (χ4v) is 2.02. The number of rotatable bonds is 5. The van der Waals surface area contributed by atoms with Crippen LogP contribution in [-0.4, -0.2) is 48.3 Å². The molecule has 2 atom stereocenters. The van der Waals surface area contributed by atoms with Crippen molar-refractivity contribution in [2.24, 2.45) is 5.92 Å². The van der Waals surface area contributed by atoms with Crippen molar-refractivity contribution in [2.45, 2.75) is 32.8 Å². The van der Waals surface area contributed by atoms with E-state index in [9.17, 15) is 4.79 Å². The first-order chi connectivity index (χ1) is 7.13. The van der Waals surface area contributed by atoms with Crippen LogP contribution in [0.5, 0.6) is 0 Å². The highest BCUT2D eigenvalue weighted by Gasteiger charge is 2.23. The number of piperidine rings is 1. The zero-order chi connectivity index (χ0) is 11.3. The molecule has 1 saturated heterocycles. The van der Waals surface area contributed by atoms with Gasteiger partial charge in [-0.1, -0.05) is 6.92 Å². The number of nitrogens with zero attached hydrogens (tertiary/aromatic N) is 1. The predicted molar refractivity (Wildman–Crippen MR) is 57.9 cm³/mol. The maximum absolute atomic E-state index is 10.7. The first-order valence-corrected chi connectivity index (χ1v) is 5.70. The minimum Gasteiger partial charge on any atom is -0.481 e. The molecule has 0 radical (unpaired) electrons. The SMILES string of the molecule is CCOC1CCCN(CC(C)C(=O)O)C1. The zero-order valence-electron chi connectivity index (χ0n) is 9.61. The highest BCUT2D eigenvalue weighted by molar-refractivity contribution is 5.69. The smallest absolute Gasteiger partial charge is 0.307 e. The van der Waals surface area contributed by atoms with Gasteiger partial charge < -0.3 is 9.84 Å². The molecule has 0 spiro atoms. The first kappa shape index (κ1) is 12.5. The molecule has 1 N–H and O–H groups in total. The van der Waals surface area contributed by atoms with Crippen molar-refractivity contribution in [3.63, 3.8) is 0 Å². The van der Waals surface area contributed by atoms with Crippen LogP contribution >= 0.6 is 0 Å². The van der Waals surface area contributed by atoms with Gasteiger partial charge >= 0.3 is 5.97 Å². The summed E-state index contributed by atoms with van der Waals surface area (Å²) in [6.45, 7) is 7.02. The Morgan fingerprint density at radius 3 is 3.00 bits per heavy atom. The van der Waals surface area contributed by atoms with Crippen molar-refractivity contribution in [3.05, 3.63) is 0 Å². The number of ether oxygens (including phenoxy) is 1. The van der Waals surface area contributed by atoms with Gasteiger partial charge in [0.25, 0.3) is 0 Å². The summed E-state index contributed by atoms with van der Waals surface area (Å²) in [6.07, 6.45) is 2.51. The van der Waals surface area contributed by atoms with Crippen LogP contribution in [0.25, 0.3) is 0 Å². The molecule has 0 amide bonds. The minimum absolute atomic E-state index is 0.287. The molecule has 2 unspecified atom stereocenters. The maximum Gasteiger partial charge on any atom is 0.307 e. The number of likely N-dealkylation sites (tertiary alicyclic amines) is 1. The topological polar surface area (TPSA) is 49.8 Å². The van der Waals surface area contributed by atoms with Gasteiger partial charge in [-0.25, -0.2) is 0 Å². The van der Waals surface area contributed by atoms with E-state index in [1.165, 1.54) is 0 Å². The van der Waals surface area contributed by atoms with Crippen LogP contribution in [0, 0.1) is 5.92 Å². The number of carboxylic acid groups (broad SMARTS) is 1. The number of aliphatic carboxylic acids is 1. The van der Waals surface area contributed by atoms with Crippen molar-refractivity contribution in [2.75, 3.05) is 26.2 Å². The fourth-order valence-electron chi connectivity index (χ4n) is 2.02. The van der Waals surface area contributed by atoms with E-state index in [4.69, 9.17) is 9.84 Å². The molecule has 4 nitrogen and oxygen atoms in total. The zero-order valence-corrected chi connectivity index (χ0v) is 9.61. The van der Waals surface area contributed by atoms with Crippen LogP contribution in [0.3, 0.4) is 0 Å². The van der Waals surface area contributed by atoms with Gasteiger partial charge in [0.15, 0.2) is 0 Å². The molecule has 1 aliphatic rings. The molecular weight excluding hydrogens is 194 g/mol. The van der Waals surface area contributed by atoms with E-state index in [2.05, 4.69) is 4.90 Å². The maximum atomic E-state index is 10.7. The highest BCUT2D eigenvalue weighted by atomic mass is 16.5. The highest BCUT2D eigenvalue weighted by Crippen LogP contribution is 2.14. The lowest BCUT2D eigenvalue weighted by atomic mass is 10.1. The number of hydrogen-bond donors (Lipinski definition) is 1. The Labute approximate surface area is 91.2 Å². The lowest BCUT2D eigenvalue weighted by molar-refractivity contribution is -0.142. The summed E-state index contributed by atoms with van der Waals surface area (Å²) in [5, 5.41) is 8.82. The number of carbonyl (C=O) groups is 1. The Bertz CT molecular complexity index is 206. The van der Waals surface area contributed by atoms with Gasteiger partial charge in [-0.15, -0.1) is 0 Å². The van der Waals surface area contributed by atoms with Gasteiger partial charge in [-0.3, -0.25) is 9.69 Å². The summed E-state index contributed by atoms with van der Waals surface area (Å²) < 4.78 is 5.57. The number of hydrogen-bond acceptors (Lipinski definition) is 3. The third kappa shape index (κ3) is 4.18. The molecule has 88 valence electrons. The molecule has 0 aromatic heterocycles. The average Bonchev–Trinajstić information content (AvgIpc) is 2.18. The minimum atomic E-state index is -0.714. The Morgan fingerprint density at radius 1 is 1.67 bits per heavy atom. The van der Waals surface area contributed by atoms with Crippen molar-refractivity contribution >= 4 is 5.97 Å². The van der Waals surface area contributed by atoms with Crippen LogP contribution in [0.4, 0.5) is 0 Å². The summed E-state index contributed by atoms with van der Waals surface area (Å²) in [6, 6.07) is 0. The second kappa shape index (κ2) is 6.08. The molecule has 0 aromatic rings. The van der Waals surface area contributed by atoms with Gasteiger partial charge in [0.05, 0.1) is 12.0 Å². The molecule has 1 aliphatic heterocycles. The second-order valence-electron chi connectivity index (χ2n) is 4.22. The monoisotopic (exact) mass is 215 g/mol. The lowest BCUT2D eigenvalue weighted by Crippen LogP contribution is -2.42. The van der Waals surface area contributed by atoms with Crippen molar-refractivity contribution in [1.82, 2.24) is 4.90 Å². The Morgan fingerprint density at radius 2 is 2.40 bits per heavy atom. The molecule has 15 heavy (non-hydrogen) atoms. The van der Waals surface area contributed by atoms with E-state index in [1.807, 2.05) is 6.92 Å². The van der Waals surface area contributed by atoms with E-state index in [0.29, 0.717) is 12.6 Å². The van der Waals surface area contributed by atoms with Gasteiger partial charge in [-0.2, -0.15) is 0 Å². The Balaban J connectivity index is 2.32. The molecule has 1 heterocycles. The van der Waals surface area contributed by atoms with E-state index in [1.54, 1.807) is 6.92 Å². The van der Waals surface area contributed by atoms with Crippen LogP contribution < -0.4 is 0 Å². The van der Waals surface area contributed by atoms with Crippen LogP contribution in [0.1, 0.15) is 26.7 Å². The van der Waals surface area contributed by atoms with Crippen LogP contribution in [0.2, 0.25) is 0 Å². The average molecular weight is 215 g/mol. The van der Waals surface area contributed by atoms with E-state index < -0.39 is 5.97 Å². The molecule has 1 rings (SSSR count). The predicted octanol–water partition coefficient (Wildman–Crippen LogP) is 1.21. The normalized spacial score (nSPS) is 25.1. The lowest BCUT2D eigenvalue weighted by Gasteiger charge is -2.33. The molecule has 0 saturated carbocycles. The Hall–Kier alpha value is -0.610.